The molecular weight excluding hydrogens is 446 g/mol. The molecule has 1 saturated heterocycles. The lowest BCUT2D eigenvalue weighted by atomic mass is 9.94. The molecule has 0 bridgehead atoms. The summed E-state index contributed by atoms with van der Waals surface area (Å²) in [6.45, 7) is 8.86. The first-order valence-corrected chi connectivity index (χ1v) is 13.2. The maximum Gasteiger partial charge on any atom is 0.244 e. The lowest BCUT2D eigenvalue weighted by Crippen LogP contribution is -2.52. The van der Waals surface area contributed by atoms with Gasteiger partial charge in [-0.2, -0.15) is 4.31 Å². The molecule has 4 rings (SSSR count). The van der Waals surface area contributed by atoms with E-state index in [1.807, 2.05) is 19.9 Å². The molecule has 0 atom stereocenters. The lowest BCUT2D eigenvalue weighted by molar-refractivity contribution is 0.111. The Labute approximate surface area is 188 Å². The summed E-state index contributed by atoms with van der Waals surface area (Å²) in [5.74, 6) is 0. The number of piperazine rings is 1. The van der Waals surface area contributed by atoms with Crippen LogP contribution in [0.3, 0.4) is 0 Å². The van der Waals surface area contributed by atoms with Crippen LogP contribution in [-0.4, -0.2) is 54.8 Å². The maximum absolute atomic E-state index is 13.3. The number of sulfonamides is 1. The van der Waals surface area contributed by atoms with E-state index in [1.54, 1.807) is 15.6 Å². The summed E-state index contributed by atoms with van der Waals surface area (Å²) in [5, 5.41) is 0.923. The van der Waals surface area contributed by atoms with Gasteiger partial charge in [-0.3, -0.25) is 4.90 Å². The van der Waals surface area contributed by atoms with Crippen molar-refractivity contribution in [1.29, 1.82) is 0 Å². The summed E-state index contributed by atoms with van der Waals surface area (Å²) in [7, 11) is -3.44. The van der Waals surface area contributed by atoms with Gasteiger partial charge in [0.1, 0.15) is 5.01 Å². The number of hydrogen-bond acceptors (Lipinski definition) is 6. The van der Waals surface area contributed by atoms with Crippen molar-refractivity contribution < 1.29 is 8.42 Å². The summed E-state index contributed by atoms with van der Waals surface area (Å²) in [4.78, 5) is 10.6. The van der Waals surface area contributed by atoms with Gasteiger partial charge in [0.25, 0.3) is 0 Å². The molecule has 5 nitrogen and oxygen atoms in total. The van der Waals surface area contributed by atoms with Crippen LogP contribution in [0.25, 0.3) is 9.88 Å². The minimum Gasteiger partial charge on any atom is -0.298 e. The molecule has 1 saturated carbocycles. The first kappa shape index (κ1) is 23.2. The number of aryl methyl sites for hydroxylation is 3. The molecule has 1 aliphatic heterocycles. The van der Waals surface area contributed by atoms with Gasteiger partial charge in [0.2, 0.25) is 10.0 Å². The summed E-state index contributed by atoms with van der Waals surface area (Å²) in [6.07, 6.45) is 6.52. The predicted molar refractivity (Wildman–Crippen MR) is 124 cm³/mol. The van der Waals surface area contributed by atoms with Crippen molar-refractivity contribution >= 4 is 45.1 Å². The van der Waals surface area contributed by atoms with Crippen LogP contribution < -0.4 is 0 Å². The molecule has 162 valence electrons. The standard InChI is InChI=1S/C20H29N3O2S3.ClH/c1-14-15(2)27-20(21-14)18-13-19(16(3)26-18)28(24,25)23-11-9-22(10-12-23)17-7-5-4-6-8-17;/h13,17H,4-12H2,1-3H3;1H. The second-order valence-electron chi connectivity index (χ2n) is 7.92. The summed E-state index contributed by atoms with van der Waals surface area (Å²) >= 11 is 3.17. The molecule has 29 heavy (non-hydrogen) atoms. The van der Waals surface area contributed by atoms with E-state index in [0.29, 0.717) is 24.0 Å². The molecule has 0 N–H and O–H groups in total. The molecule has 0 unspecified atom stereocenters. The van der Waals surface area contributed by atoms with E-state index < -0.39 is 10.0 Å². The molecule has 3 heterocycles. The molecule has 2 aromatic heterocycles. The van der Waals surface area contributed by atoms with Crippen LogP contribution >= 0.6 is 35.1 Å². The van der Waals surface area contributed by atoms with Crippen molar-refractivity contribution in [3.8, 4) is 9.88 Å². The van der Waals surface area contributed by atoms with E-state index in [4.69, 9.17) is 0 Å². The Morgan fingerprint density at radius 1 is 0.966 bits per heavy atom. The van der Waals surface area contributed by atoms with Gasteiger partial charge in [-0.05, 0) is 39.7 Å². The smallest absolute Gasteiger partial charge is 0.244 e. The van der Waals surface area contributed by atoms with Crippen LogP contribution in [0.2, 0.25) is 0 Å². The third kappa shape index (κ3) is 4.72. The van der Waals surface area contributed by atoms with Gasteiger partial charge in [-0.15, -0.1) is 35.1 Å². The minimum absolute atomic E-state index is 0. The average Bonchev–Trinajstić information content (AvgIpc) is 3.25. The molecule has 0 spiro atoms. The zero-order chi connectivity index (χ0) is 19.9. The number of halogens is 1. The fourth-order valence-electron chi connectivity index (χ4n) is 4.30. The number of thiophene rings is 1. The van der Waals surface area contributed by atoms with E-state index >= 15 is 0 Å². The molecule has 9 heteroatoms. The highest BCUT2D eigenvalue weighted by atomic mass is 35.5. The number of aromatic nitrogens is 1. The van der Waals surface area contributed by atoms with Gasteiger partial charge in [-0.1, -0.05) is 19.3 Å². The Kier molecular flexibility index (Phi) is 7.44. The normalized spacial score (nSPS) is 20.0. The highest BCUT2D eigenvalue weighted by Gasteiger charge is 2.33. The highest BCUT2D eigenvalue weighted by Crippen LogP contribution is 2.37. The monoisotopic (exact) mass is 475 g/mol. The van der Waals surface area contributed by atoms with Crippen LogP contribution in [0.4, 0.5) is 0 Å². The van der Waals surface area contributed by atoms with Gasteiger partial charge in [-0.25, -0.2) is 13.4 Å². The van der Waals surface area contributed by atoms with Crippen molar-refractivity contribution in [1.82, 2.24) is 14.2 Å². The van der Waals surface area contributed by atoms with Gasteiger partial charge in [0.15, 0.2) is 0 Å². The Bertz CT molecular complexity index is 921. The molecule has 1 aliphatic carbocycles. The number of hydrogen-bond donors (Lipinski definition) is 0. The van der Waals surface area contributed by atoms with Crippen molar-refractivity contribution in [2.75, 3.05) is 26.2 Å². The largest absolute Gasteiger partial charge is 0.298 e. The zero-order valence-corrected chi connectivity index (χ0v) is 20.6. The Morgan fingerprint density at radius 3 is 2.21 bits per heavy atom. The van der Waals surface area contributed by atoms with Crippen LogP contribution in [0.5, 0.6) is 0 Å². The van der Waals surface area contributed by atoms with Gasteiger partial charge in [0, 0.05) is 42.0 Å². The van der Waals surface area contributed by atoms with Crippen LogP contribution in [-0.2, 0) is 10.0 Å². The van der Waals surface area contributed by atoms with Crippen molar-refractivity contribution in [2.24, 2.45) is 0 Å². The summed E-state index contributed by atoms with van der Waals surface area (Å²) < 4.78 is 28.3. The predicted octanol–water partition coefficient (Wildman–Crippen LogP) is 4.86. The first-order chi connectivity index (χ1) is 13.4. The van der Waals surface area contributed by atoms with Crippen molar-refractivity contribution in [2.45, 2.75) is 63.8 Å². The van der Waals surface area contributed by atoms with E-state index in [9.17, 15) is 8.42 Å². The Hall–Kier alpha value is -0.510. The Morgan fingerprint density at radius 2 is 1.62 bits per heavy atom. The molecule has 0 radical (unpaired) electrons. The summed E-state index contributed by atoms with van der Waals surface area (Å²) in [6, 6.07) is 2.49. The van der Waals surface area contributed by atoms with E-state index in [0.717, 1.165) is 33.5 Å². The third-order valence-electron chi connectivity index (χ3n) is 6.09. The maximum atomic E-state index is 13.3. The molecule has 2 aliphatic rings. The number of rotatable bonds is 4. The minimum atomic E-state index is -3.44. The van der Waals surface area contributed by atoms with Gasteiger partial charge in [0.05, 0.1) is 15.5 Å². The fourth-order valence-corrected chi connectivity index (χ4v) is 8.24. The first-order valence-electron chi connectivity index (χ1n) is 10.2. The quantitative estimate of drug-likeness (QED) is 0.633. The van der Waals surface area contributed by atoms with Crippen molar-refractivity contribution in [3.05, 3.63) is 21.5 Å². The molecule has 2 fully saturated rings. The van der Waals surface area contributed by atoms with Gasteiger partial charge >= 0.3 is 0 Å². The van der Waals surface area contributed by atoms with E-state index in [1.165, 1.54) is 48.3 Å². The van der Waals surface area contributed by atoms with Gasteiger partial charge < -0.3 is 0 Å². The number of nitrogens with zero attached hydrogens (tertiary/aromatic N) is 3. The molecule has 2 aromatic rings. The average molecular weight is 476 g/mol. The second kappa shape index (κ2) is 9.32. The Balaban J connectivity index is 0.00000240. The second-order valence-corrected chi connectivity index (χ2v) is 12.3. The highest BCUT2D eigenvalue weighted by molar-refractivity contribution is 7.89. The SMILES string of the molecule is Cc1nc(-c2cc(S(=O)(=O)N3CCN(C4CCCCC4)CC3)c(C)s2)sc1C.Cl. The van der Waals surface area contributed by atoms with E-state index in [-0.39, 0.29) is 12.4 Å². The molecule has 0 amide bonds. The zero-order valence-electron chi connectivity index (χ0n) is 17.3. The van der Waals surface area contributed by atoms with Crippen molar-refractivity contribution in [3.63, 3.8) is 0 Å². The number of thiazole rings is 1. The van der Waals surface area contributed by atoms with E-state index in [2.05, 4.69) is 16.8 Å². The third-order valence-corrected chi connectivity index (χ3v) is 10.5. The van der Waals surface area contributed by atoms with Crippen LogP contribution in [0, 0.1) is 20.8 Å². The molecular formula is C20H30ClN3O2S3. The fraction of sp³-hybridized carbons (Fsp3) is 0.650. The van der Waals surface area contributed by atoms with Crippen LogP contribution in [0.15, 0.2) is 11.0 Å². The molecule has 0 aromatic carbocycles. The van der Waals surface area contributed by atoms with Crippen LogP contribution in [0.1, 0.15) is 47.6 Å². The summed E-state index contributed by atoms with van der Waals surface area (Å²) in [5.41, 5.74) is 1.02. The lowest BCUT2D eigenvalue weighted by Gasteiger charge is -2.40. The topological polar surface area (TPSA) is 53.5 Å².